The number of hydrogen-bond acceptors (Lipinski definition) is 5. The van der Waals surface area contributed by atoms with Crippen LogP contribution in [0.25, 0.3) is 0 Å². The normalized spacial score (nSPS) is 20.3. The molecule has 0 bridgehead atoms. The van der Waals surface area contributed by atoms with E-state index in [0.717, 1.165) is 44.8 Å². The van der Waals surface area contributed by atoms with Crippen LogP contribution in [0, 0.1) is 5.92 Å². The quantitative estimate of drug-likeness (QED) is 0.772. The SMILES string of the molecule is O=C(O)CNCC1CCCN(Cc2ncccn2)C1. The fraction of sp³-hybridized carbons (Fsp3) is 0.615. The van der Waals surface area contributed by atoms with Crippen molar-refractivity contribution >= 4 is 5.97 Å². The van der Waals surface area contributed by atoms with E-state index in [0.29, 0.717) is 5.92 Å². The molecule has 1 atom stereocenters. The summed E-state index contributed by atoms with van der Waals surface area (Å²) in [6.45, 7) is 3.62. The summed E-state index contributed by atoms with van der Waals surface area (Å²) < 4.78 is 0. The Morgan fingerprint density at radius 2 is 2.26 bits per heavy atom. The van der Waals surface area contributed by atoms with Crippen LogP contribution in [0.5, 0.6) is 0 Å². The molecule has 2 rings (SSSR count). The van der Waals surface area contributed by atoms with Gasteiger partial charge in [0.1, 0.15) is 5.82 Å². The first-order valence-electron chi connectivity index (χ1n) is 6.65. The summed E-state index contributed by atoms with van der Waals surface area (Å²) in [6.07, 6.45) is 5.82. The van der Waals surface area contributed by atoms with Crippen molar-refractivity contribution in [2.45, 2.75) is 19.4 Å². The molecule has 6 nitrogen and oxygen atoms in total. The van der Waals surface area contributed by atoms with Gasteiger partial charge >= 0.3 is 5.97 Å². The molecule has 1 aromatic rings. The zero-order chi connectivity index (χ0) is 13.5. The summed E-state index contributed by atoms with van der Waals surface area (Å²) in [5.41, 5.74) is 0. The number of hydrogen-bond donors (Lipinski definition) is 2. The van der Waals surface area contributed by atoms with Crippen LogP contribution in [0.15, 0.2) is 18.5 Å². The monoisotopic (exact) mass is 264 g/mol. The molecule has 1 saturated heterocycles. The van der Waals surface area contributed by atoms with Crippen LogP contribution in [0.3, 0.4) is 0 Å². The number of aromatic nitrogens is 2. The highest BCUT2D eigenvalue weighted by Gasteiger charge is 2.20. The number of likely N-dealkylation sites (tertiary alicyclic amines) is 1. The zero-order valence-corrected chi connectivity index (χ0v) is 11.0. The fourth-order valence-electron chi connectivity index (χ4n) is 2.46. The van der Waals surface area contributed by atoms with Crippen LogP contribution in [-0.2, 0) is 11.3 Å². The summed E-state index contributed by atoms with van der Waals surface area (Å²) in [5.74, 6) is 0.559. The molecule has 0 saturated carbocycles. The van der Waals surface area contributed by atoms with Gasteiger partial charge in [0.15, 0.2) is 0 Å². The van der Waals surface area contributed by atoms with Crippen LogP contribution in [0.1, 0.15) is 18.7 Å². The van der Waals surface area contributed by atoms with Crippen LogP contribution < -0.4 is 5.32 Å². The average Bonchev–Trinajstić information content (AvgIpc) is 2.40. The molecular weight excluding hydrogens is 244 g/mol. The van der Waals surface area contributed by atoms with E-state index >= 15 is 0 Å². The van der Waals surface area contributed by atoms with Crippen molar-refractivity contribution in [2.24, 2.45) is 5.92 Å². The summed E-state index contributed by atoms with van der Waals surface area (Å²) in [5, 5.41) is 11.6. The van der Waals surface area contributed by atoms with Crippen LogP contribution in [-0.4, -0.2) is 52.1 Å². The highest BCUT2D eigenvalue weighted by atomic mass is 16.4. The third kappa shape index (κ3) is 4.92. The highest BCUT2D eigenvalue weighted by Crippen LogP contribution is 2.16. The van der Waals surface area contributed by atoms with E-state index < -0.39 is 5.97 Å². The Labute approximate surface area is 112 Å². The van der Waals surface area contributed by atoms with E-state index in [2.05, 4.69) is 20.2 Å². The third-order valence-corrected chi connectivity index (χ3v) is 3.30. The number of carboxylic acids is 1. The maximum absolute atomic E-state index is 10.5. The molecule has 0 aromatic carbocycles. The zero-order valence-electron chi connectivity index (χ0n) is 11.0. The second-order valence-electron chi connectivity index (χ2n) is 4.93. The van der Waals surface area contributed by atoms with E-state index in [1.165, 1.54) is 0 Å². The van der Waals surface area contributed by atoms with Gasteiger partial charge in [-0.2, -0.15) is 0 Å². The Morgan fingerprint density at radius 3 is 3.00 bits per heavy atom. The fourth-order valence-corrected chi connectivity index (χ4v) is 2.46. The predicted molar refractivity (Wildman–Crippen MR) is 70.5 cm³/mol. The van der Waals surface area contributed by atoms with Gasteiger partial charge in [-0.1, -0.05) is 0 Å². The lowest BCUT2D eigenvalue weighted by molar-refractivity contribution is -0.136. The standard InChI is InChI=1S/C13H20N4O2/c18-13(19)8-14-7-11-3-1-6-17(9-11)10-12-15-4-2-5-16-12/h2,4-5,11,14H,1,3,6-10H2,(H,18,19). The Kier molecular flexibility index (Phi) is 5.23. The van der Waals surface area contributed by atoms with Crippen LogP contribution in [0.4, 0.5) is 0 Å². The summed E-state index contributed by atoms with van der Waals surface area (Å²) >= 11 is 0. The van der Waals surface area contributed by atoms with E-state index in [4.69, 9.17) is 5.11 Å². The number of piperidine rings is 1. The Balaban J connectivity index is 1.75. The van der Waals surface area contributed by atoms with Gasteiger partial charge in [-0.15, -0.1) is 0 Å². The van der Waals surface area contributed by atoms with Crippen LogP contribution in [0.2, 0.25) is 0 Å². The van der Waals surface area contributed by atoms with Gasteiger partial charge in [0, 0.05) is 18.9 Å². The largest absolute Gasteiger partial charge is 0.480 e. The lowest BCUT2D eigenvalue weighted by atomic mass is 9.98. The minimum absolute atomic E-state index is 0.0400. The number of nitrogens with one attached hydrogen (secondary N) is 1. The second kappa shape index (κ2) is 7.16. The first-order valence-corrected chi connectivity index (χ1v) is 6.65. The van der Waals surface area contributed by atoms with Crippen LogP contribution >= 0.6 is 0 Å². The van der Waals surface area contributed by atoms with E-state index in [1.807, 2.05) is 6.07 Å². The van der Waals surface area contributed by atoms with Gasteiger partial charge in [-0.05, 0) is 37.9 Å². The smallest absolute Gasteiger partial charge is 0.317 e. The van der Waals surface area contributed by atoms with Crippen molar-refractivity contribution in [2.75, 3.05) is 26.2 Å². The van der Waals surface area contributed by atoms with Gasteiger partial charge in [0.05, 0.1) is 13.1 Å². The van der Waals surface area contributed by atoms with Gasteiger partial charge in [-0.25, -0.2) is 9.97 Å². The van der Waals surface area contributed by atoms with Crippen molar-refractivity contribution in [1.82, 2.24) is 20.2 Å². The first kappa shape index (κ1) is 13.9. The van der Waals surface area contributed by atoms with E-state index in [-0.39, 0.29) is 6.54 Å². The number of rotatable bonds is 6. The molecule has 104 valence electrons. The number of carbonyl (C=O) groups is 1. The molecule has 1 unspecified atom stereocenters. The molecule has 1 fully saturated rings. The van der Waals surface area contributed by atoms with Gasteiger partial charge < -0.3 is 10.4 Å². The first-order chi connectivity index (χ1) is 9.24. The third-order valence-electron chi connectivity index (χ3n) is 3.30. The second-order valence-corrected chi connectivity index (χ2v) is 4.93. The van der Waals surface area contributed by atoms with Gasteiger partial charge in [0.2, 0.25) is 0 Å². The average molecular weight is 264 g/mol. The maximum atomic E-state index is 10.5. The van der Waals surface area contributed by atoms with E-state index in [9.17, 15) is 4.79 Å². The molecule has 19 heavy (non-hydrogen) atoms. The van der Waals surface area contributed by atoms with Crippen molar-refractivity contribution in [1.29, 1.82) is 0 Å². The minimum Gasteiger partial charge on any atom is -0.480 e. The molecule has 1 aliphatic heterocycles. The summed E-state index contributed by atoms with van der Waals surface area (Å²) in [6, 6.07) is 1.82. The molecule has 2 heterocycles. The van der Waals surface area contributed by atoms with Crippen molar-refractivity contribution in [3.8, 4) is 0 Å². The number of nitrogens with zero attached hydrogens (tertiary/aromatic N) is 3. The molecule has 0 radical (unpaired) electrons. The molecule has 0 aliphatic carbocycles. The van der Waals surface area contributed by atoms with Crippen molar-refractivity contribution in [3.05, 3.63) is 24.3 Å². The molecular formula is C13H20N4O2. The Morgan fingerprint density at radius 1 is 1.47 bits per heavy atom. The van der Waals surface area contributed by atoms with E-state index in [1.54, 1.807) is 12.4 Å². The minimum atomic E-state index is -0.801. The van der Waals surface area contributed by atoms with Gasteiger partial charge in [0.25, 0.3) is 0 Å². The lowest BCUT2D eigenvalue weighted by Gasteiger charge is -2.32. The topological polar surface area (TPSA) is 78.4 Å². The predicted octanol–water partition coefficient (Wildman–Crippen LogP) is 0.363. The number of carboxylic acid groups (broad SMARTS) is 1. The summed E-state index contributed by atoms with van der Waals surface area (Å²) in [7, 11) is 0. The molecule has 0 spiro atoms. The molecule has 0 amide bonds. The van der Waals surface area contributed by atoms with Crippen molar-refractivity contribution < 1.29 is 9.90 Å². The molecule has 1 aliphatic rings. The summed E-state index contributed by atoms with van der Waals surface area (Å²) in [4.78, 5) is 21.3. The molecule has 1 aromatic heterocycles. The molecule has 2 N–H and O–H groups in total. The van der Waals surface area contributed by atoms with Crippen molar-refractivity contribution in [3.63, 3.8) is 0 Å². The maximum Gasteiger partial charge on any atom is 0.317 e. The van der Waals surface area contributed by atoms with Gasteiger partial charge in [-0.3, -0.25) is 9.69 Å². The Bertz CT molecular complexity index is 399. The lowest BCUT2D eigenvalue weighted by Crippen LogP contribution is -2.40. The number of aliphatic carboxylic acids is 1. The Hall–Kier alpha value is -1.53. The highest BCUT2D eigenvalue weighted by molar-refractivity contribution is 5.68. The molecule has 6 heteroatoms.